The van der Waals surface area contributed by atoms with Crippen LogP contribution in [0.25, 0.3) is 21.8 Å². The first-order valence-corrected chi connectivity index (χ1v) is 7.33. The van der Waals surface area contributed by atoms with Crippen molar-refractivity contribution in [2.45, 2.75) is 6.42 Å². The highest BCUT2D eigenvalue weighted by Gasteiger charge is 2.11. The predicted molar refractivity (Wildman–Crippen MR) is 89.7 cm³/mol. The van der Waals surface area contributed by atoms with Gasteiger partial charge < -0.3 is 4.57 Å². The van der Waals surface area contributed by atoms with Crippen molar-refractivity contribution in [1.82, 2.24) is 4.57 Å². The Morgan fingerprint density at radius 2 is 1.43 bits per heavy atom. The first-order valence-electron chi connectivity index (χ1n) is 7.33. The fourth-order valence-electron chi connectivity index (χ4n) is 3.25. The quantitative estimate of drug-likeness (QED) is 0.487. The summed E-state index contributed by atoms with van der Waals surface area (Å²) in [5, 5.41) is 2.74. The largest absolute Gasteiger partial charge is 0.344 e. The lowest BCUT2D eigenvalue weighted by Gasteiger charge is -2.05. The monoisotopic (exact) mass is 271 g/mol. The van der Waals surface area contributed by atoms with Crippen LogP contribution in [0.1, 0.15) is 11.1 Å². The second-order valence-corrected chi connectivity index (χ2v) is 5.55. The molecule has 0 N–H and O–H groups in total. The predicted octanol–water partition coefficient (Wildman–Crippen LogP) is 4.92. The summed E-state index contributed by atoms with van der Waals surface area (Å²) in [6.07, 6.45) is 0.978. The summed E-state index contributed by atoms with van der Waals surface area (Å²) < 4.78 is 2.29. The molecule has 0 spiro atoms. The van der Waals surface area contributed by atoms with Gasteiger partial charge in [0, 0.05) is 28.9 Å². The summed E-state index contributed by atoms with van der Waals surface area (Å²) in [7, 11) is 2.15. The Bertz CT molecular complexity index is 917. The van der Waals surface area contributed by atoms with Gasteiger partial charge >= 0.3 is 0 Å². The third kappa shape index (κ3) is 1.93. The van der Waals surface area contributed by atoms with Crippen molar-refractivity contribution >= 4 is 21.8 Å². The maximum absolute atomic E-state index is 2.29. The summed E-state index contributed by atoms with van der Waals surface area (Å²) in [6.45, 7) is 0. The van der Waals surface area contributed by atoms with Crippen LogP contribution in [0.4, 0.5) is 0 Å². The summed E-state index contributed by atoms with van der Waals surface area (Å²) in [6, 6.07) is 26.0. The smallest absolute Gasteiger partial charge is 0.0491 e. The molecule has 1 aromatic heterocycles. The second-order valence-electron chi connectivity index (χ2n) is 5.55. The summed E-state index contributed by atoms with van der Waals surface area (Å²) in [5.41, 5.74) is 5.37. The Kier molecular flexibility index (Phi) is 2.78. The summed E-state index contributed by atoms with van der Waals surface area (Å²) in [5.74, 6) is 0. The average Bonchev–Trinajstić information content (AvgIpc) is 2.83. The first kappa shape index (κ1) is 12.2. The topological polar surface area (TPSA) is 4.93 Å². The number of rotatable bonds is 2. The number of benzene rings is 3. The molecule has 0 saturated carbocycles. The fourth-order valence-corrected chi connectivity index (χ4v) is 3.25. The van der Waals surface area contributed by atoms with Gasteiger partial charge in [0.25, 0.3) is 0 Å². The zero-order valence-corrected chi connectivity index (χ0v) is 12.1. The van der Waals surface area contributed by atoms with Crippen molar-refractivity contribution in [3.63, 3.8) is 0 Å². The van der Waals surface area contributed by atoms with E-state index >= 15 is 0 Å². The molecule has 0 bridgehead atoms. The lowest BCUT2D eigenvalue weighted by atomic mass is 9.99. The van der Waals surface area contributed by atoms with Gasteiger partial charge in [-0.3, -0.25) is 0 Å². The molecule has 3 aromatic carbocycles. The third-order valence-electron chi connectivity index (χ3n) is 4.26. The van der Waals surface area contributed by atoms with Crippen LogP contribution in [0, 0.1) is 0 Å². The van der Waals surface area contributed by atoms with E-state index in [4.69, 9.17) is 0 Å². The van der Waals surface area contributed by atoms with Gasteiger partial charge in [0.05, 0.1) is 0 Å². The minimum Gasteiger partial charge on any atom is -0.344 e. The Balaban J connectivity index is 1.99. The standard InChI is InChI=1S/C20H17N/c1-21-18-12-6-5-11-17(18)20-16(10-7-13-19(20)21)14-15-8-3-2-4-9-15/h2-13H,14H2,1H3. The van der Waals surface area contributed by atoms with Gasteiger partial charge in [-0.15, -0.1) is 0 Å². The van der Waals surface area contributed by atoms with Crippen LogP contribution in [-0.2, 0) is 13.5 Å². The van der Waals surface area contributed by atoms with Crippen molar-refractivity contribution in [2.24, 2.45) is 7.05 Å². The van der Waals surface area contributed by atoms with Gasteiger partial charge in [-0.2, -0.15) is 0 Å². The molecule has 4 rings (SSSR count). The van der Waals surface area contributed by atoms with Gasteiger partial charge in [0.1, 0.15) is 0 Å². The maximum Gasteiger partial charge on any atom is 0.0491 e. The molecule has 1 heterocycles. The normalized spacial score (nSPS) is 11.3. The zero-order chi connectivity index (χ0) is 14.2. The van der Waals surface area contributed by atoms with Crippen LogP contribution < -0.4 is 0 Å². The van der Waals surface area contributed by atoms with Gasteiger partial charge in [-0.05, 0) is 29.7 Å². The van der Waals surface area contributed by atoms with E-state index in [1.165, 1.54) is 32.9 Å². The molecule has 1 heteroatoms. The van der Waals surface area contributed by atoms with Crippen LogP contribution in [0.3, 0.4) is 0 Å². The van der Waals surface area contributed by atoms with Gasteiger partial charge in [-0.1, -0.05) is 60.7 Å². The number of para-hydroxylation sites is 1. The van der Waals surface area contributed by atoms with Crippen molar-refractivity contribution < 1.29 is 0 Å². The van der Waals surface area contributed by atoms with Gasteiger partial charge in [0.2, 0.25) is 0 Å². The Hall–Kier alpha value is -2.54. The highest BCUT2D eigenvalue weighted by Crippen LogP contribution is 2.31. The van der Waals surface area contributed by atoms with Crippen molar-refractivity contribution in [1.29, 1.82) is 0 Å². The molecule has 0 aliphatic carbocycles. The molecule has 1 nitrogen and oxygen atoms in total. The fraction of sp³-hybridized carbons (Fsp3) is 0.100. The lowest BCUT2D eigenvalue weighted by molar-refractivity contribution is 1.01. The van der Waals surface area contributed by atoms with Crippen molar-refractivity contribution in [3.05, 3.63) is 83.9 Å². The lowest BCUT2D eigenvalue weighted by Crippen LogP contribution is -1.90. The number of fused-ring (bicyclic) bond motifs is 3. The minimum absolute atomic E-state index is 0.978. The molecule has 0 fully saturated rings. The molecular formula is C20H17N. The summed E-state index contributed by atoms with van der Waals surface area (Å²) >= 11 is 0. The molecule has 0 aliphatic rings. The van der Waals surface area contributed by atoms with Gasteiger partial charge in [0.15, 0.2) is 0 Å². The number of aromatic nitrogens is 1. The Morgan fingerprint density at radius 1 is 0.714 bits per heavy atom. The van der Waals surface area contributed by atoms with E-state index in [-0.39, 0.29) is 0 Å². The van der Waals surface area contributed by atoms with Crippen LogP contribution >= 0.6 is 0 Å². The molecule has 102 valence electrons. The van der Waals surface area contributed by atoms with E-state index in [9.17, 15) is 0 Å². The van der Waals surface area contributed by atoms with E-state index < -0.39 is 0 Å². The van der Waals surface area contributed by atoms with E-state index in [2.05, 4.69) is 84.4 Å². The Labute approximate surface area is 124 Å². The molecule has 0 unspecified atom stereocenters. The van der Waals surface area contributed by atoms with Crippen LogP contribution in [0.15, 0.2) is 72.8 Å². The first-order chi connectivity index (χ1) is 10.3. The van der Waals surface area contributed by atoms with Crippen LogP contribution in [0.5, 0.6) is 0 Å². The number of hydrogen-bond acceptors (Lipinski definition) is 0. The molecule has 0 aliphatic heterocycles. The van der Waals surface area contributed by atoms with E-state index in [0.29, 0.717) is 0 Å². The van der Waals surface area contributed by atoms with E-state index in [0.717, 1.165) is 6.42 Å². The second kappa shape index (κ2) is 4.78. The van der Waals surface area contributed by atoms with Crippen LogP contribution in [0.2, 0.25) is 0 Å². The van der Waals surface area contributed by atoms with Crippen molar-refractivity contribution in [3.8, 4) is 0 Å². The molecular weight excluding hydrogens is 254 g/mol. The maximum atomic E-state index is 2.29. The average molecular weight is 271 g/mol. The number of aryl methyl sites for hydroxylation is 1. The molecule has 0 atom stereocenters. The Morgan fingerprint density at radius 3 is 2.29 bits per heavy atom. The molecule has 0 amide bonds. The van der Waals surface area contributed by atoms with Crippen molar-refractivity contribution in [2.75, 3.05) is 0 Å². The molecule has 21 heavy (non-hydrogen) atoms. The zero-order valence-electron chi connectivity index (χ0n) is 12.1. The SMILES string of the molecule is Cn1c2ccccc2c2c(Cc3ccccc3)cccc21. The van der Waals surface area contributed by atoms with Gasteiger partial charge in [-0.25, -0.2) is 0 Å². The highest BCUT2D eigenvalue weighted by molar-refractivity contribution is 6.09. The van der Waals surface area contributed by atoms with E-state index in [1.54, 1.807) is 0 Å². The molecule has 0 saturated heterocycles. The number of nitrogens with zero attached hydrogens (tertiary/aromatic N) is 1. The highest BCUT2D eigenvalue weighted by atomic mass is 14.9. The summed E-state index contributed by atoms with van der Waals surface area (Å²) in [4.78, 5) is 0. The minimum atomic E-state index is 0.978. The molecule has 0 radical (unpaired) electrons. The third-order valence-corrected chi connectivity index (χ3v) is 4.26. The van der Waals surface area contributed by atoms with E-state index in [1.807, 2.05) is 0 Å². The van der Waals surface area contributed by atoms with Crippen LogP contribution in [-0.4, -0.2) is 4.57 Å². The molecule has 4 aromatic rings. The number of hydrogen-bond donors (Lipinski definition) is 0.